The van der Waals surface area contributed by atoms with Crippen LogP contribution in [-0.2, 0) is 28.9 Å². The van der Waals surface area contributed by atoms with Gasteiger partial charge in [-0.25, -0.2) is 0 Å². The Morgan fingerprint density at radius 3 is 1.25 bits per heavy atom. The first-order valence-corrected chi connectivity index (χ1v) is 2.42. The Bertz CT molecular complexity index is 27.0. The fourth-order valence-electron chi connectivity index (χ4n) is 0. The molecule has 0 unspecified atom stereocenters. The molecule has 0 atom stereocenters. The number of hydrogen-bond acceptors (Lipinski definition) is 2. The van der Waals surface area contributed by atoms with Crippen LogP contribution in [0.25, 0.3) is 0 Å². The van der Waals surface area contributed by atoms with Crippen molar-refractivity contribution in [3.05, 3.63) is 0 Å². The van der Waals surface area contributed by atoms with Crippen LogP contribution in [0.3, 0.4) is 0 Å². The normalized spacial score (nSPS) is 2.00. The summed E-state index contributed by atoms with van der Waals surface area (Å²) in [4.78, 5) is 0. The quantitative estimate of drug-likeness (QED) is 0.384. The summed E-state index contributed by atoms with van der Waals surface area (Å²) in [5, 5.41) is 0. The SMILES string of the molecule is B.[O]=[Zr]=[O]. The molecule has 22 valence electrons. The maximum atomic E-state index is 8.54. The van der Waals surface area contributed by atoms with Crippen molar-refractivity contribution in [3.8, 4) is 0 Å². The monoisotopic (exact) mass is 136 g/mol. The minimum atomic E-state index is -2.27. The van der Waals surface area contributed by atoms with E-state index in [-0.39, 0.29) is 8.41 Å². The Morgan fingerprint density at radius 1 is 1.25 bits per heavy atom. The van der Waals surface area contributed by atoms with Crippen molar-refractivity contribution in [1.82, 2.24) is 0 Å². The molecule has 0 aliphatic heterocycles. The second kappa shape index (κ2) is 9.61. The van der Waals surface area contributed by atoms with Gasteiger partial charge >= 0.3 is 28.9 Å². The van der Waals surface area contributed by atoms with Crippen LogP contribution >= 0.6 is 0 Å². The molecule has 0 amide bonds. The number of hydrogen-bond donors (Lipinski definition) is 0. The van der Waals surface area contributed by atoms with E-state index in [9.17, 15) is 0 Å². The van der Waals surface area contributed by atoms with Gasteiger partial charge in [-0.2, -0.15) is 0 Å². The summed E-state index contributed by atoms with van der Waals surface area (Å²) in [5.74, 6) is 0. The van der Waals surface area contributed by atoms with Gasteiger partial charge < -0.3 is 0 Å². The van der Waals surface area contributed by atoms with E-state index in [2.05, 4.69) is 0 Å². The summed E-state index contributed by atoms with van der Waals surface area (Å²) in [6.45, 7) is 0. The van der Waals surface area contributed by atoms with Crippen LogP contribution in [0.4, 0.5) is 0 Å². The molecule has 0 fully saturated rings. The zero-order valence-corrected chi connectivity index (χ0v) is 3.77. The average molecular weight is 137 g/mol. The van der Waals surface area contributed by atoms with Crippen molar-refractivity contribution >= 4 is 8.41 Å². The van der Waals surface area contributed by atoms with Crippen LogP contribution in [0.1, 0.15) is 0 Å². The van der Waals surface area contributed by atoms with Gasteiger partial charge in [0.05, 0.1) is 8.41 Å². The molecule has 0 saturated carbocycles. The third kappa shape index (κ3) is 20.3. The van der Waals surface area contributed by atoms with Crippen LogP contribution in [0.15, 0.2) is 0 Å². The predicted octanol–water partition coefficient (Wildman–Crippen LogP) is -1.42. The first kappa shape index (κ1) is 8.82. The van der Waals surface area contributed by atoms with Gasteiger partial charge in [0.2, 0.25) is 0 Å². The van der Waals surface area contributed by atoms with Crippen LogP contribution < -0.4 is 0 Å². The van der Waals surface area contributed by atoms with Gasteiger partial charge in [-0.15, -0.1) is 0 Å². The van der Waals surface area contributed by atoms with Gasteiger partial charge in [-0.05, 0) is 0 Å². The Labute approximate surface area is 37.6 Å². The van der Waals surface area contributed by atoms with E-state index in [0.717, 1.165) is 0 Å². The number of rotatable bonds is 0. The van der Waals surface area contributed by atoms with Crippen LogP contribution in [-0.4, -0.2) is 8.41 Å². The molecule has 0 radical (unpaired) electrons. The molecule has 4 heteroatoms. The molecule has 0 saturated heterocycles. The molecule has 2 nitrogen and oxygen atoms in total. The summed E-state index contributed by atoms with van der Waals surface area (Å²) in [7, 11) is 0. The standard InChI is InChI=1S/BH3.2O.Zr/h1H3;;;. The van der Waals surface area contributed by atoms with E-state index >= 15 is 0 Å². The summed E-state index contributed by atoms with van der Waals surface area (Å²) >= 11 is -2.27. The summed E-state index contributed by atoms with van der Waals surface area (Å²) < 4.78 is 17.1. The van der Waals surface area contributed by atoms with E-state index in [1.165, 1.54) is 0 Å². The van der Waals surface area contributed by atoms with E-state index in [4.69, 9.17) is 5.63 Å². The molecule has 0 bridgehead atoms. The van der Waals surface area contributed by atoms with Gasteiger partial charge in [0.1, 0.15) is 0 Å². The van der Waals surface area contributed by atoms with Crippen molar-refractivity contribution in [3.63, 3.8) is 0 Å². The second-order valence-electron chi connectivity index (χ2n) is 0.0833. The second-order valence-corrected chi connectivity index (χ2v) is 0.493. The Hall–Kier alpha value is 0.548. The Balaban J connectivity index is 0. The third-order valence-electron chi connectivity index (χ3n) is 0. The topological polar surface area (TPSA) is 34.1 Å². The third-order valence-corrected chi connectivity index (χ3v) is 0. The average Bonchev–Trinajstić information content (AvgIpc) is 0.918. The fraction of sp³-hybridized carbons (Fsp3) is 0. The van der Waals surface area contributed by atoms with E-state index in [0.29, 0.717) is 0 Å². The van der Waals surface area contributed by atoms with Gasteiger partial charge in [0.25, 0.3) is 0 Å². The van der Waals surface area contributed by atoms with Crippen molar-refractivity contribution < 1.29 is 28.9 Å². The van der Waals surface area contributed by atoms with Crippen molar-refractivity contribution in [1.29, 1.82) is 0 Å². The molecule has 0 aliphatic carbocycles. The summed E-state index contributed by atoms with van der Waals surface area (Å²) in [6, 6.07) is 0. The van der Waals surface area contributed by atoms with Crippen LogP contribution in [0.2, 0.25) is 0 Å². The molecule has 0 aromatic rings. The molecule has 0 N–H and O–H groups in total. The summed E-state index contributed by atoms with van der Waals surface area (Å²) in [6.07, 6.45) is 0. The van der Waals surface area contributed by atoms with Gasteiger partial charge in [-0.1, -0.05) is 0 Å². The molecular formula is H3BO2Zr. The van der Waals surface area contributed by atoms with Crippen molar-refractivity contribution in [2.75, 3.05) is 0 Å². The first-order valence-electron chi connectivity index (χ1n) is 0.408. The van der Waals surface area contributed by atoms with Gasteiger partial charge in [0, 0.05) is 0 Å². The summed E-state index contributed by atoms with van der Waals surface area (Å²) in [5.41, 5.74) is 0. The molecule has 0 rings (SSSR count). The van der Waals surface area contributed by atoms with E-state index in [1.54, 1.807) is 0 Å². The zero-order chi connectivity index (χ0) is 2.71. The maximum absolute atomic E-state index is 8.54. The zero-order valence-electron chi connectivity index (χ0n) is 1.32. The molecule has 0 heterocycles. The van der Waals surface area contributed by atoms with Gasteiger partial charge in [-0.3, -0.25) is 0 Å². The molecular weight excluding hydrogens is 134 g/mol. The first-order chi connectivity index (χ1) is 1.41. The minimum absolute atomic E-state index is 0. The fourth-order valence-corrected chi connectivity index (χ4v) is 0. The predicted molar refractivity (Wildman–Crippen MR) is 11.3 cm³/mol. The van der Waals surface area contributed by atoms with Crippen molar-refractivity contribution in [2.24, 2.45) is 0 Å². The van der Waals surface area contributed by atoms with Gasteiger partial charge in [0.15, 0.2) is 0 Å². The molecule has 0 aliphatic rings. The Kier molecular flexibility index (Phi) is 21.2. The van der Waals surface area contributed by atoms with Crippen molar-refractivity contribution in [2.45, 2.75) is 0 Å². The van der Waals surface area contributed by atoms with Crippen LogP contribution in [0, 0.1) is 0 Å². The molecule has 0 aromatic heterocycles. The molecule has 0 spiro atoms. The van der Waals surface area contributed by atoms with E-state index in [1.807, 2.05) is 0 Å². The molecule has 0 aromatic carbocycles. The van der Waals surface area contributed by atoms with Crippen LogP contribution in [0.5, 0.6) is 0 Å². The Morgan fingerprint density at radius 2 is 1.25 bits per heavy atom. The molecule has 4 heavy (non-hydrogen) atoms. The van der Waals surface area contributed by atoms with E-state index < -0.39 is 23.2 Å².